The molecule has 0 aliphatic carbocycles. The van der Waals surface area contributed by atoms with E-state index >= 15 is 0 Å². The molecule has 1 aliphatic heterocycles. The molecule has 0 bridgehead atoms. The van der Waals surface area contributed by atoms with Crippen molar-refractivity contribution in [3.05, 3.63) is 59.7 Å². The average molecular weight is 397 g/mol. The minimum atomic E-state index is 0.757. The summed E-state index contributed by atoms with van der Waals surface area (Å²) in [7, 11) is 3.45. The monoisotopic (exact) mass is 396 g/mol. The lowest BCUT2D eigenvalue weighted by Gasteiger charge is -2.35. The van der Waals surface area contributed by atoms with Crippen molar-refractivity contribution in [2.75, 3.05) is 46.9 Å². The van der Waals surface area contributed by atoms with Gasteiger partial charge in [0.05, 0.1) is 14.2 Å². The maximum Gasteiger partial charge on any atom is 0.119 e. The summed E-state index contributed by atoms with van der Waals surface area (Å²) < 4.78 is 10.6. The average Bonchev–Trinajstić information content (AvgIpc) is 2.78. The first-order chi connectivity index (χ1) is 14.2. The molecule has 1 fully saturated rings. The molecule has 0 N–H and O–H groups in total. The van der Waals surface area contributed by atoms with E-state index in [0.717, 1.165) is 43.5 Å². The van der Waals surface area contributed by atoms with Crippen molar-refractivity contribution in [2.45, 2.75) is 32.7 Å². The minimum absolute atomic E-state index is 0.757. The highest BCUT2D eigenvalue weighted by atomic mass is 16.5. The molecule has 4 heteroatoms. The highest BCUT2D eigenvalue weighted by molar-refractivity contribution is 5.28. The molecular weight excluding hydrogens is 360 g/mol. The van der Waals surface area contributed by atoms with E-state index in [-0.39, 0.29) is 0 Å². The molecule has 1 atom stereocenters. The van der Waals surface area contributed by atoms with Crippen LogP contribution in [0.5, 0.6) is 11.5 Å². The second-order valence-electron chi connectivity index (χ2n) is 8.09. The Bertz CT molecular complexity index is 732. The number of ether oxygens (including phenoxy) is 2. The quantitative estimate of drug-likeness (QED) is 0.591. The van der Waals surface area contributed by atoms with Gasteiger partial charge in [-0.05, 0) is 73.7 Å². The summed E-state index contributed by atoms with van der Waals surface area (Å²) in [6.45, 7) is 9.13. The molecule has 29 heavy (non-hydrogen) atoms. The Morgan fingerprint density at radius 1 is 1.00 bits per heavy atom. The summed E-state index contributed by atoms with van der Waals surface area (Å²) in [4.78, 5) is 5.23. The number of benzene rings is 2. The zero-order chi connectivity index (χ0) is 20.5. The predicted molar refractivity (Wildman–Crippen MR) is 120 cm³/mol. The molecule has 0 amide bonds. The lowest BCUT2D eigenvalue weighted by Crippen LogP contribution is -2.41. The van der Waals surface area contributed by atoms with E-state index in [9.17, 15) is 0 Å². The largest absolute Gasteiger partial charge is 0.497 e. The van der Waals surface area contributed by atoms with Crippen molar-refractivity contribution in [2.24, 2.45) is 5.92 Å². The Kier molecular flexibility index (Phi) is 8.38. The number of rotatable bonds is 10. The van der Waals surface area contributed by atoms with Gasteiger partial charge in [-0.2, -0.15) is 0 Å². The molecule has 4 nitrogen and oxygen atoms in total. The Morgan fingerprint density at radius 3 is 2.52 bits per heavy atom. The Labute approximate surface area is 176 Å². The molecule has 1 aliphatic rings. The molecule has 1 saturated heterocycles. The van der Waals surface area contributed by atoms with E-state index in [4.69, 9.17) is 9.47 Å². The van der Waals surface area contributed by atoms with Crippen molar-refractivity contribution < 1.29 is 9.47 Å². The van der Waals surface area contributed by atoms with Gasteiger partial charge in [0.15, 0.2) is 0 Å². The highest BCUT2D eigenvalue weighted by Gasteiger charge is 2.21. The standard InChI is InChI=1S/C25H36N2O2/c1-4-26(18-22-10-12-24(28-2)13-11-22)19-23-8-6-15-27(20-23)16-14-21-7-5-9-25(17-21)29-3/h5,7,9-13,17,23H,4,6,8,14-16,18-20H2,1-3H3. The van der Waals surface area contributed by atoms with Crippen molar-refractivity contribution in [1.29, 1.82) is 0 Å². The first-order valence-electron chi connectivity index (χ1n) is 10.9. The van der Waals surface area contributed by atoms with Crippen molar-refractivity contribution >= 4 is 0 Å². The zero-order valence-corrected chi connectivity index (χ0v) is 18.3. The summed E-state index contributed by atoms with van der Waals surface area (Å²) in [5.74, 6) is 2.64. The molecule has 0 saturated carbocycles. The minimum Gasteiger partial charge on any atom is -0.497 e. The van der Waals surface area contributed by atoms with Crippen molar-refractivity contribution in [1.82, 2.24) is 9.80 Å². The molecule has 2 aromatic rings. The first kappa shape index (κ1) is 21.7. The van der Waals surface area contributed by atoms with Crippen molar-refractivity contribution in [3.63, 3.8) is 0 Å². The van der Waals surface area contributed by atoms with Crippen LogP contribution in [0.3, 0.4) is 0 Å². The van der Waals surface area contributed by atoms with Crippen LogP contribution >= 0.6 is 0 Å². The van der Waals surface area contributed by atoms with Crippen LogP contribution in [0.1, 0.15) is 30.9 Å². The van der Waals surface area contributed by atoms with E-state index < -0.39 is 0 Å². The number of hydrogen-bond acceptors (Lipinski definition) is 4. The third-order valence-electron chi connectivity index (χ3n) is 5.98. The highest BCUT2D eigenvalue weighted by Crippen LogP contribution is 2.20. The molecule has 0 aromatic heterocycles. The van der Waals surface area contributed by atoms with Crippen LogP contribution in [-0.4, -0.2) is 56.7 Å². The third-order valence-corrected chi connectivity index (χ3v) is 5.98. The Balaban J connectivity index is 1.48. The fourth-order valence-corrected chi connectivity index (χ4v) is 4.28. The maximum atomic E-state index is 5.36. The van der Waals surface area contributed by atoms with Gasteiger partial charge in [-0.1, -0.05) is 31.2 Å². The first-order valence-corrected chi connectivity index (χ1v) is 10.9. The number of likely N-dealkylation sites (tertiary alicyclic amines) is 1. The molecule has 0 spiro atoms. The summed E-state index contributed by atoms with van der Waals surface area (Å²) in [5, 5.41) is 0. The van der Waals surface area contributed by atoms with Gasteiger partial charge in [-0.25, -0.2) is 0 Å². The lowest BCUT2D eigenvalue weighted by molar-refractivity contribution is 0.133. The molecule has 0 radical (unpaired) electrons. The SMILES string of the molecule is CCN(Cc1ccc(OC)cc1)CC1CCCN(CCc2cccc(OC)c2)C1. The van der Waals surface area contributed by atoms with Gasteiger partial charge in [-0.3, -0.25) is 4.90 Å². The molecule has 2 aromatic carbocycles. The van der Waals surface area contributed by atoms with Crippen LogP contribution in [0.4, 0.5) is 0 Å². The van der Waals surface area contributed by atoms with Gasteiger partial charge in [0.2, 0.25) is 0 Å². The number of nitrogens with zero attached hydrogens (tertiary/aromatic N) is 2. The summed E-state index contributed by atoms with van der Waals surface area (Å²) in [6.07, 6.45) is 3.74. The van der Waals surface area contributed by atoms with E-state index in [1.807, 2.05) is 6.07 Å². The Hall–Kier alpha value is -2.04. The fraction of sp³-hybridized carbons (Fsp3) is 0.520. The van der Waals surface area contributed by atoms with E-state index in [1.54, 1.807) is 14.2 Å². The smallest absolute Gasteiger partial charge is 0.119 e. The zero-order valence-electron chi connectivity index (χ0n) is 18.3. The van der Waals surface area contributed by atoms with Gasteiger partial charge in [0, 0.05) is 26.2 Å². The van der Waals surface area contributed by atoms with Crippen LogP contribution in [0.15, 0.2) is 48.5 Å². The molecule has 3 rings (SSSR count). The van der Waals surface area contributed by atoms with E-state index in [2.05, 4.69) is 59.2 Å². The van der Waals surface area contributed by atoms with Crippen LogP contribution in [0, 0.1) is 5.92 Å². The molecule has 1 heterocycles. The van der Waals surface area contributed by atoms with E-state index in [1.165, 1.54) is 43.6 Å². The number of hydrogen-bond donors (Lipinski definition) is 0. The van der Waals surface area contributed by atoms with Crippen LogP contribution in [-0.2, 0) is 13.0 Å². The van der Waals surface area contributed by atoms with Gasteiger partial charge < -0.3 is 14.4 Å². The van der Waals surface area contributed by atoms with E-state index in [0.29, 0.717) is 0 Å². The second kappa shape index (κ2) is 11.2. The fourth-order valence-electron chi connectivity index (χ4n) is 4.28. The van der Waals surface area contributed by atoms with Gasteiger partial charge >= 0.3 is 0 Å². The van der Waals surface area contributed by atoms with Gasteiger partial charge in [0.1, 0.15) is 11.5 Å². The lowest BCUT2D eigenvalue weighted by atomic mass is 9.96. The number of piperidine rings is 1. The second-order valence-corrected chi connectivity index (χ2v) is 8.09. The normalized spacial score (nSPS) is 17.4. The topological polar surface area (TPSA) is 24.9 Å². The summed E-state index contributed by atoms with van der Waals surface area (Å²) >= 11 is 0. The van der Waals surface area contributed by atoms with Crippen molar-refractivity contribution in [3.8, 4) is 11.5 Å². The van der Waals surface area contributed by atoms with Gasteiger partial charge in [-0.15, -0.1) is 0 Å². The van der Waals surface area contributed by atoms with Gasteiger partial charge in [0.25, 0.3) is 0 Å². The predicted octanol–water partition coefficient (Wildman–Crippen LogP) is 4.48. The number of methoxy groups -OCH3 is 2. The molecule has 1 unspecified atom stereocenters. The van der Waals surface area contributed by atoms with Crippen LogP contribution in [0.2, 0.25) is 0 Å². The molecule has 158 valence electrons. The summed E-state index contributed by atoms with van der Waals surface area (Å²) in [6, 6.07) is 17.0. The summed E-state index contributed by atoms with van der Waals surface area (Å²) in [5.41, 5.74) is 2.72. The Morgan fingerprint density at radius 2 is 1.79 bits per heavy atom. The molecular formula is C25H36N2O2. The maximum absolute atomic E-state index is 5.36. The third kappa shape index (κ3) is 6.76. The van der Waals surface area contributed by atoms with Crippen LogP contribution < -0.4 is 9.47 Å². The van der Waals surface area contributed by atoms with Crippen LogP contribution in [0.25, 0.3) is 0 Å².